The van der Waals surface area contributed by atoms with Gasteiger partial charge in [0.15, 0.2) is 15.8 Å². The topological polar surface area (TPSA) is 71.0 Å². The van der Waals surface area contributed by atoms with Gasteiger partial charge in [0.2, 0.25) is 0 Å². The number of sulfone groups is 1. The summed E-state index contributed by atoms with van der Waals surface area (Å²) in [5, 5.41) is 3.69. The van der Waals surface area contributed by atoms with E-state index in [2.05, 4.69) is 10.2 Å². The van der Waals surface area contributed by atoms with E-state index in [0.717, 1.165) is 45.1 Å². The van der Waals surface area contributed by atoms with Gasteiger partial charge in [0, 0.05) is 37.7 Å². The molecule has 0 bridgehead atoms. The van der Waals surface area contributed by atoms with Crippen molar-refractivity contribution in [1.82, 2.24) is 10.2 Å². The maximum atomic E-state index is 11.7. The lowest BCUT2D eigenvalue weighted by Crippen LogP contribution is -2.45. The highest BCUT2D eigenvalue weighted by Gasteiger charge is 2.42. The van der Waals surface area contributed by atoms with E-state index in [1.54, 1.807) is 0 Å². The van der Waals surface area contributed by atoms with Crippen LogP contribution in [0.15, 0.2) is 4.99 Å². The molecule has 7 heteroatoms. The van der Waals surface area contributed by atoms with E-state index in [1.165, 1.54) is 32.1 Å². The molecule has 0 aromatic rings. The number of ether oxygens (including phenoxy) is 1. The van der Waals surface area contributed by atoms with Crippen LogP contribution in [0.3, 0.4) is 0 Å². The van der Waals surface area contributed by atoms with Crippen LogP contribution in [0.5, 0.6) is 0 Å². The lowest BCUT2D eigenvalue weighted by molar-refractivity contribution is 0.156. The first-order chi connectivity index (χ1) is 12.0. The summed E-state index contributed by atoms with van der Waals surface area (Å²) in [6.45, 7) is 4.45. The van der Waals surface area contributed by atoms with E-state index in [4.69, 9.17) is 9.73 Å². The molecule has 0 aromatic heterocycles. The van der Waals surface area contributed by atoms with E-state index in [1.807, 2.05) is 0 Å². The summed E-state index contributed by atoms with van der Waals surface area (Å²) in [6, 6.07) is 0.530. The monoisotopic (exact) mass is 369 g/mol. The van der Waals surface area contributed by atoms with E-state index in [-0.39, 0.29) is 5.92 Å². The largest absolute Gasteiger partial charge is 0.381 e. The molecule has 1 N–H and O–H groups in total. The highest BCUT2D eigenvalue weighted by atomic mass is 32.2. The van der Waals surface area contributed by atoms with Gasteiger partial charge in [-0.05, 0) is 38.0 Å². The predicted octanol–water partition coefficient (Wildman–Crippen LogP) is 1.42. The van der Waals surface area contributed by atoms with Crippen molar-refractivity contribution in [3.8, 4) is 0 Å². The summed E-state index contributed by atoms with van der Waals surface area (Å²) in [7, 11) is -2.82. The highest BCUT2D eigenvalue weighted by molar-refractivity contribution is 7.91. The van der Waals surface area contributed by atoms with Gasteiger partial charge in [-0.25, -0.2) is 8.42 Å². The van der Waals surface area contributed by atoms with Crippen LogP contribution in [0.1, 0.15) is 44.9 Å². The molecule has 6 nitrogen and oxygen atoms in total. The molecule has 1 saturated carbocycles. The molecular weight excluding hydrogens is 338 g/mol. The number of aliphatic imine (C=N–C) groups is 1. The molecule has 0 radical (unpaired) electrons. The predicted molar refractivity (Wildman–Crippen MR) is 98.5 cm³/mol. The number of rotatable bonds is 3. The number of hydrogen-bond acceptors (Lipinski definition) is 4. The van der Waals surface area contributed by atoms with Gasteiger partial charge >= 0.3 is 0 Å². The Morgan fingerprint density at radius 3 is 2.76 bits per heavy atom. The molecule has 4 fully saturated rings. The first-order valence-electron chi connectivity index (χ1n) is 9.88. The van der Waals surface area contributed by atoms with Crippen molar-refractivity contribution >= 4 is 15.8 Å². The van der Waals surface area contributed by atoms with Gasteiger partial charge < -0.3 is 15.0 Å². The molecule has 0 aromatic carbocycles. The van der Waals surface area contributed by atoms with E-state index in [9.17, 15) is 8.42 Å². The van der Waals surface area contributed by atoms with Crippen LogP contribution in [0, 0.1) is 11.3 Å². The Kier molecular flexibility index (Phi) is 4.97. The fraction of sp³-hybridized carbons (Fsp3) is 0.944. The maximum Gasteiger partial charge on any atom is 0.194 e. The van der Waals surface area contributed by atoms with E-state index >= 15 is 0 Å². The molecule has 3 heterocycles. The van der Waals surface area contributed by atoms with E-state index < -0.39 is 9.84 Å². The first-order valence-corrected chi connectivity index (χ1v) is 11.7. The van der Waals surface area contributed by atoms with Crippen LogP contribution in [0.25, 0.3) is 0 Å². The molecule has 1 aliphatic carbocycles. The Hall–Kier alpha value is -0.820. The summed E-state index contributed by atoms with van der Waals surface area (Å²) in [5.74, 6) is 1.85. The molecule has 142 valence electrons. The van der Waals surface area contributed by atoms with Gasteiger partial charge in [0.05, 0.1) is 18.1 Å². The molecule has 3 saturated heterocycles. The molecule has 25 heavy (non-hydrogen) atoms. The zero-order chi connectivity index (χ0) is 17.3. The standard InChI is InChI=1S/C18H31N3O3S/c22-25(23)10-5-15(12-25)11-19-17(20-16-3-1-2-4-16)21-8-6-18(13-21)7-9-24-14-18/h15-16H,1-14H2,(H,19,20). The van der Waals surface area contributed by atoms with Crippen molar-refractivity contribution in [1.29, 1.82) is 0 Å². The molecule has 4 aliphatic rings. The average Bonchev–Trinajstić information content (AvgIpc) is 3.35. The number of likely N-dealkylation sites (tertiary alicyclic amines) is 1. The van der Waals surface area contributed by atoms with E-state index in [0.29, 0.717) is 29.5 Å². The Morgan fingerprint density at radius 1 is 1.24 bits per heavy atom. The van der Waals surface area contributed by atoms with Gasteiger partial charge in [0.1, 0.15) is 0 Å². The van der Waals surface area contributed by atoms with Crippen LogP contribution in [0.4, 0.5) is 0 Å². The first kappa shape index (κ1) is 17.6. The second-order valence-electron chi connectivity index (χ2n) is 8.53. The van der Waals surface area contributed by atoms with Crippen LogP contribution in [-0.2, 0) is 14.6 Å². The molecular formula is C18H31N3O3S. The lowest BCUT2D eigenvalue weighted by Gasteiger charge is -2.27. The quantitative estimate of drug-likeness (QED) is 0.602. The Morgan fingerprint density at radius 2 is 2.08 bits per heavy atom. The van der Waals surface area contributed by atoms with Crippen molar-refractivity contribution in [2.45, 2.75) is 51.0 Å². The van der Waals surface area contributed by atoms with Gasteiger partial charge in [-0.3, -0.25) is 4.99 Å². The fourth-order valence-corrected chi connectivity index (χ4v) is 6.66. The highest BCUT2D eigenvalue weighted by Crippen LogP contribution is 2.38. The minimum atomic E-state index is -2.82. The maximum absolute atomic E-state index is 11.7. The number of hydrogen-bond donors (Lipinski definition) is 1. The summed E-state index contributed by atoms with van der Waals surface area (Å²) in [4.78, 5) is 7.30. The second kappa shape index (κ2) is 7.06. The van der Waals surface area contributed by atoms with Gasteiger partial charge in [0.25, 0.3) is 0 Å². The Bertz CT molecular complexity index is 607. The van der Waals surface area contributed by atoms with Crippen molar-refractivity contribution in [2.24, 2.45) is 16.3 Å². The third-order valence-corrected chi connectivity index (χ3v) is 8.27. The van der Waals surface area contributed by atoms with Crippen LogP contribution < -0.4 is 5.32 Å². The van der Waals surface area contributed by atoms with Crippen LogP contribution in [-0.4, -0.2) is 69.7 Å². The normalized spacial score (nSPS) is 35.9. The Balaban J connectivity index is 1.43. The van der Waals surface area contributed by atoms with Gasteiger partial charge in [-0.1, -0.05) is 12.8 Å². The van der Waals surface area contributed by atoms with Crippen molar-refractivity contribution in [2.75, 3.05) is 44.4 Å². The summed E-state index contributed by atoms with van der Waals surface area (Å²) < 4.78 is 29.1. The number of nitrogens with one attached hydrogen (secondary N) is 1. The summed E-state index contributed by atoms with van der Waals surface area (Å²) >= 11 is 0. The van der Waals surface area contributed by atoms with Crippen molar-refractivity contribution in [3.63, 3.8) is 0 Å². The minimum absolute atomic E-state index is 0.191. The molecule has 0 amide bonds. The molecule has 4 rings (SSSR count). The summed E-state index contributed by atoms with van der Waals surface area (Å²) in [5.41, 5.74) is 0.314. The summed E-state index contributed by atoms with van der Waals surface area (Å²) in [6.07, 6.45) is 8.13. The minimum Gasteiger partial charge on any atom is -0.381 e. The fourth-order valence-electron chi connectivity index (χ4n) is 4.81. The Labute approximate surface area is 151 Å². The van der Waals surface area contributed by atoms with Crippen molar-refractivity contribution in [3.05, 3.63) is 0 Å². The van der Waals surface area contributed by atoms with Crippen LogP contribution >= 0.6 is 0 Å². The molecule has 2 unspecified atom stereocenters. The second-order valence-corrected chi connectivity index (χ2v) is 10.8. The smallest absolute Gasteiger partial charge is 0.194 e. The van der Waals surface area contributed by atoms with Crippen molar-refractivity contribution < 1.29 is 13.2 Å². The zero-order valence-corrected chi connectivity index (χ0v) is 15.9. The molecule has 1 spiro atoms. The third kappa shape index (κ3) is 4.13. The number of guanidine groups is 1. The average molecular weight is 370 g/mol. The zero-order valence-electron chi connectivity index (χ0n) is 15.1. The molecule has 3 aliphatic heterocycles. The third-order valence-electron chi connectivity index (χ3n) is 6.44. The van der Waals surface area contributed by atoms with Crippen LogP contribution in [0.2, 0.25) is 0 Å². The van der Waals surface area contributed by atoms with Gasteiger partial charge in [-0.2, -0.15) is 0 Å². The molecule has 2 atom stereocenters. The van der Waals surface area contributed by atoms with Gasteiger partial charge in [-0.15, -0.1) is 0 Å². The SMILES string of the molecule is O=S1(=O)CCC(CN=C(NC2CCCC2)N2CCC3(CCOC3)C2)C1. The lowest BCUT2D eigenvalue weighted by atomic mass is 9.87. The number of nitrogens with zero attached hydrogens (tertiary/aromatic N) is 2.